The van der Waals surface area contributed by atoms with Gasteiger partial charge >= 0.3 is 0 Å². The van der Waals surface area contributed by atoms with E-state index in [4.69, 9.17) is 11.6 Å². The molecule has 1 atom stereocenters. The number of anilines is 1. The Morgan fingerprint density at radius 3 is 2.85 bits per heavy atom. The van der Waals surface area contributed by atoms with Crippen molar-refractivity contribution < 1.29 is 9.18 Å². The first-order valence-electron chi connectivity index (χ1n) is 6.06. The molecule has 0 bridgehead atoms. The van der Waals surface area contributed by atoms with E-state index >= 15 is 0 Å². The molecule has 1 aliphatic heterocycles. The molecular weight excluding hydrogens is 345 g/mol. The lowest BCUT2D eigenvalue weighted by Gasteiger charge is -2.13. The molecule has 5 heteroatoms. The molecule has 3 rings (SSSR count). The second-order valence-corrected chi connectivity index (χ2v) is 5.96. The minimum Gasteiger partial charge on any atom is -0.326 e. The number of fused-ring (bicyclic) bond motifs is 1. The number of carbonyl (C=O) groups is 1. The van der Waals surface area contributed by atoms with E-state index < -0.39 is 5.38 Å². The molecule has 1 aliphatic rings. The normalized spacial score (nSPS) is 14.8. The van der Waals surface area contributed by atoms with Gasteiger partial charge in [-0.3, -0.25) is 4.79 Å². The second-order valence-electron chi connectivity index (χ2n) is 4.67. The Morgan fingerprint density at radius 2 is 2.05 bits per heavy atom. The van der Waals surface area contributed by atoms with Crippen LogP contribution in [0.1, 0.15) is 22.1 Å². The van der Waals surface area contributed by atoms with Crippen LogP contribution in [0.4, 0.5) is 10.1 Å². The van der Waals surface area contributed by atoms with Crippen molar-refractivity contribution in [2.24, 2.45) is 0 Å². The quantitative estimate of drug-likeness (QED) is 0.795. The SMILES string of the molecule is O=C1Cc2cc(C(Cl)c3cc(F)ccc3Br)ccc2N1. The van der Waals surface area contributed by atoms with Crippen LogP contribution in [0.2, 0.25) is 0 Å². The molecular formula is C15H10BrClFNO. The van der Waals surface area contributed by atoms with Crippen molar-refractivity contribution in [2.75, 3.05) is 5.32 Å². The zero-order valence-corrected chi connectivity index (χ0v) is 12.6. The smallest absolute Gasteiger partial charge is 0.228 e. The van der Waals surface area contributed by atoms with E-state index in [2.05, 4.69) is 21.2 Å². The van der Waals surface area contributed by atoms with Crippen molar-refractivity contribution >= 4 is 39.1 Å². The summed E-state index contributed by atoms with van der Waals surface area (Å²) in [5, 5.41) is 2.30. The molecule has 0 aromatic heterocycles. The number of nitrogens with one attached hydrogen (secondary N) is 1. The summed E-state index contributed by atoms with van der Waals surface area (Å²) in [5.41, 5.74) is 3.25. The molecule has 1 heterocycles. The van der Waals surface area contributed by atoms with Crippen LogP contribution in [0, 0.1) is 5.82 Å². The molecule has 0 radical (unpaired) electrons. The van der Waals surface area contributed by atoms with E-state index in [1.54, 1.807) is 6.07 Å². The predicted molar refractivity (Wildman–Crippen MR) is 80.6 cm³/mol. The second kappa shape index (κ2) is 5.19. The summed E-state index contributed by atoms with van der Waals surface area (Å²) < 4.78 is 14.1. The first kappa shape index (κ1) is 13.6. The van der Waals surface area contributed by atoms with E-state index in [1.807, 2.05) is 18.2 Å². The fourth-order valence-corrected chi connectivity index (χ4v) is 3.22. The third kappa shape index (κ3) is 2.45. The minimum atomic E-state index is -0.471. The van der Waals surface area contributed by atoms with Gasteiger partial charge in [0, 0.05) is 10.2 Å². The summed E-state index contributed by atoms with van der Waals surface area (Å²) in [4.78, 5) is 11.3. The van der Waals surface area contributed by atoms with E-state index in [1.165, 1.54) is 12.1 Å². The number of rotatable bonds is 2. The highest BCUT2D eigenvalue weighted by Crippen LogP contribution is 2.36. The fourth-order valence-electron chi connectivity index (χ4n) is 2.30. The summed E-state index contributed by atoms with van der Waals surface area (Å²) in [6.45, 7) is 0. The van der Waals surface area contributed by atoms with E-state index in [0.717, 1.165) is 21.3 Å². The van der Waals surface area contributed by atoms with Gasteiger partial charge in [-0.05, 0) is 41.0 Å². The molecule has 2 aromatic carbocycles. The molecule has 2 aromatic rings. The third-order valence-corrected chi connectivity index (χ3v) is 4.49. The number of halogens is 3. The molecule has 20 heavy (non-hydrogen) atoms. The monoisotopic (exact) mass is 353 g/mol. The van der Waals surface area contributed by atoms with Gasteiger partial charge in [-0.25, -0.2) is 4.39 Å². The number of benzene rings is 2. The molecule has 102 valence electrons. The molecule has 0 spiro atoms. The first-order valence-corrected chi connectivity index (χ1v) is 7.29. The van der Waals surface area contributed by atoms with Gasteiger partial charge in [-0.2, -0.15) is 0 Å². The Kier molecular flexibility index (Phi) is 3.52. The third-order valence-electron chi connectivity index (χ3n) is 3.28. The van der Waals surface area contributed by atoms with Gasteiger partial charge in [-0.1, -0.05) is 28.1 Å². The molecule has 1 N–H and O–H groups in total. The van der Waals surface area contributed by atoms with Crippen molar-refractivity contribution in [3.8, 4) is 0 Å². The van der Waals surface area contributed by atoms with Crippen LogP contribution in [0.3, 0.4) is 0 Å². The van der Waals surface area contributed by atoms with Crippen LogP contribution in [-0.2, 0) is 11.2 Å². The Hall–Kier alpha value is -1.39. The zero-order valence-electron chi connectivity index (χ0n) is 10.3. The number of alkyl halides is 1. The zero-order chi connectivity index (χ0) is 14.3. The van der Waals surface area contributed by atoms with Crippen LogP contribution in [0.15, 0.2) is 40.9 Å². The Bertz CT molecular complexity index is 704. The van der Waals surface area contributed by atoms with E-state index in [9.17, 15) is 9.18 Å². The molecule has 2 nitrogen and oxygen atoms in total. The van der Waals surface area contributed by atoms with E-state index in [-0.39, 0.29) is 11.7 Å². The number of carbonyl (C=O) groups excluding carboxylic acids is 1. The number of hydrogen-bond acceptors (Lipinski definition) is 1. The topological polar surface area (TPSA) is 29.1 Å². The Morgan fingerprint density at radius 1 is 1.25 bits per heavy atom. The van der Waals surface area contributed by atoms with Crippen molar-refractivity contribution in [1.82, 2.24) is 0 Å². The molecule has 1 amide bonds. The van der Waals surface area contributed by atoms with Crippen LogP contribution >= 0.6 is 27.5 Å². The highest BCUT2D eigenvalue weighted by atomic mass is 79.9. The summed E-state index contributed by atoms with van der Waals surface area (Å²) in [6.07, 6.45) is 0.358. The van der Waals surface area contributed by atoms with Crippen LogP contribution in [0.25, 0.3) is 0 Å². The molecule has 0 saturated heterocycles. The predicted octanol–water partition coefficient (Wildman–Crippen LogP) is 4.41. The summed E-state index contributed by atoms with van der Waals surface area (Å²) in [7, 11) is 0. The minimum absolute atomic E-state index is 0.0183. The lowest BCUT2D eigenvalue weighted by atomic mass is 10.0. The maximum atomic E-state index is 13.4. The average molecular weight is 355 g/mol. The highest BCUT2D eigenvalue weighted by molar-refractivity contribution is 9.10. The summed E-state index contributed by atoms with van der Waals surface area (Å²) in [6, 6.07) is 10.00. The van der Waals surface area contributed by atoms with Crippen molar-refractivity contribution in [1.29, 1.82) is 0 Å². The van der Waals surface area contributed by atoms with Crippen molar-refractivity contribution in [2.45, 2.75) is 11.8 Å². The van der Waals surface area contributed by atoms with Crippen molar-refractivity contribution in [3.05, 3.63) is 63.4 Å². The van der Waals surface area contributed by atoms with Crippen LogP contribution in [-0.4, -0.2) is 5.91 Å². The van der Waals surface area contributed by atoms with Gasteiger partial charge < -0.3 is 5.32 Å². The maximum Gasteiger partial charge on any atom is 0.228 e. The highest BCUT2D eigenvalue weighted by Gasteiger charge is 2.21. The van der Waals surface area contributed by atoms with Gasteiger partial charge in [0.15, 0.2) is 0 Å². The standard InChI is InChI=1S/C15H10BrClFNO/c16-12-3-2-10(18)7-11(12)15(17)8-1-4-13-9(5-8)6-14(20)19-13/h1-5,7,15H,6H2,(H,19,20). The summed E-state index contributed by atoms with van der Waals surface area (Å²) in [5.74, 6) is -0.345. The molecule has 0 saturated carbocycles. The Labute approximate surface area is 129 Å². The maximum absolute atomic E-state index is 13.4. The summed E-state index contributed by atoms with van der Waals surface area (Å²) >= 11 is 9.83. The first-order chi connectivity index (χ1) is 9.54. The largest absolute Gasteiger partial charge is 0.326 e. The van der Waals surface area contributed by atoms with E-state index in [0.29, 0.717) is 12.0 Å². The lowest BCUT2D eigenvalue weighted by Crippen LogP contribution is -2.03. The van der Waals surface area contributed by atoms with Gasteiger partial charge in [0.25, 0.3) is 0 Å². The molecule has 1 unspecified atom stereocenters. The van der Waals surface area contributed by atoms with Crippen LogP contribution < -0.4 is 5.32 Å². The van der Waals surface area contributed by atoms with Crippen molar-refractivity contribution in [3.63, 3.8) is 0 Å². The number of hydrogen-bond donors (Lipinski definition) is 1. The van der Waals surface area contributed by atoms with Gasteiger partial charge in [0.05, 0.1) is 11.8 Å². The average Bonchev–Trinajstić information content (AvgIpc) is 2.79. The van der Waals surface area contributed by atoms with Gasteiger partial charge in [0.1, 0.15) is 5.82 Å². The van der Waals surface area contributed by atoms with Crippen LogP contribution in [0.5, 0.6) is 0 Å². The Balaban J connectivity index is 1.99. The molecule has 0 fully saturated rings. The molecule has 0 aliphatic carbocycles. The lowest BCUT2D eigenvalue weighted by molar-refractivity contribution is -0.115. The van der Waals surface area contributed by atoms with Gasteiger partial charge in [0.2, 0.25) is 5.91 Å². The fraction of sp³-hybridized carbons (Fsp3) is 0.133. The number of amides is 1. The van der Waals surface area contributed by atoms with Gasteiger partial charge in [-0.15, -0.1) is 11.6 Å².